The summed E-state index contributed by atoms with van der Waals surface area (Å²) in [7, 11) is 0. The summed E-state index contributed by atoms with van der Waals surface area (Å²) < 4.78 is 17.7. The number of benzene rings is 1. The van der Waals surface area contributed by atoms with Gasteiger partial charge in [0.05, 0.1) is 6.26 Å². The highest BCUT2D eigenvalue weighted by Gasteiger charge is 2.39. The van der Waals surface area contributed by atoms with Crippen molar-refractivity contribution in [3.8, 4) is 0 Å². The van der Waals surface area contributed by atoms with Gasteiger partial charge in [0.2, 0.25) is 12.2 Å². The summed E-state index contributed by atoms with van der Waals surface area (Å²) in [5.74, 6) is -0.121. The molecular weight excluding hydrogens is 436 g/mol. The number of amides is 2. The Kier molecular flexibility index (Phi) is 8.24. The van der Waals surface area contributed by atoms with Crippen molar-refractivity contribution < 1.29 is 28.6 Å². The molecule has 0 spiro atoms. The first-order chi connectivity index (χ1) is 16.6. The van der Waals surface area contributed by atoms with Gasteiger partial charge in [0.25, 0.3) is 5.91 Å². The van der Waals surface area contributed by atoms with E-state index in [9.17, 15) is 14.7 Å². The molecule has 0 bridgehead atoms. The number of nitrogens with one attached hydrogen (secondary N) is 1. The zero-order valence-electron chi connectivity index (χ0n) is 19.7. The smallest absolute Gasteiger partial charge is 0.286 e. The second kappa shape index (κ2) is 11.5. The molecule has 1 aromatic carbocycles. The molecule has 2 aromatic rings. The molecule has 2 aliphatic rings. The van der Waals surface area contributed by atoms with Crippen molar-refractivity contribution in [2.24, 2.45) is 5.92 Å². The number of allylic oxidation sites excluding steroid dienone is 1. The van der Waals surface area contributed by atoms with Gasteiger partial charge in [0.1, 0.15) is 5.58 Å². The monoisotopic (exact) mass is 470 g/mol. The van der Waals surface area contributed by atoms with Crippen LogP contribution in [0.5, 0.6) is 0 Å². The molecule has 2 N–H and O–H groups in total. The number of carbonyl (C=O) groups is 2. The quantitative estimate of drug-likeness (QED) is 0.489. The standard InChI is InChI=1S/C26H34N2O6/c1-2-32-26-19(9-6-15-29)20(21-17-33-22-10-4-3-8-18(21)22)16-23(34-26)25(31)27-12-7-14-28-13-5-11-24(28)30/h3-4,8,10,16-17,19-20,26,29H,2,5-7,9,11-15H2,1H3,(H,27,31)/t19-,20-,26+/m0/s1. The maximum absolute atomic E-state index is 13.0. The van der Waals surface area contributed by atoms with Crippen LogP contribution in [0.15, 0.2) is 46.8 Å². The second-order valence-electron chi connectivity index (χ2n) is 8.81. The maximum atomic E-state index is 13.0. The summed E-state index contributed by atoms with van der Waals surface area (Å²) in [5.41, 5.74) is 1.76. The molecule has 34 heavy (non-hydrogen) atoms. The summed E-state index contributed by atoms with van der Waals surface area (Å²) >= 11 is 0. The van der Waals surface area contributed by atoms with Crippen molar-refractivity contribution in [3.63, 3.8) is 0 Å². The van der Waals surface area contributed by atoms with Crippen LogP contribution in [0.25, 0.3) is 11.0 Å². The lowest BCUT2D eigenvalue weighted by Crippen LogP contribution is -2.39. The Balaban J connectivity index is 1.52. The maximum Gasteiger partial charge on any atom is 0.286 e. The summed E-state index contributed by atoms with van der Waals surface area (Å²) in [4.78, 5) is 26.6. The van der Waals surface area contributed by atoms with E-state index in [0.717, 1.165) is 29.5 Å². The fraction of sp³-hybridized carbons (Fsp3) is 0.538. The highest BCUT2D eigenvalue weighted by molar-refractivity contribution is 5.92. The number of nitrogens with zero attached hydrogens (tertiary/aromatic N) is 1. The molecular formula is C26H34N2O6. The molecule has 8 heteroatoms. The molecule has 2 amide bonds. The number of likely N-dealkylation sites (tertiary alicyclic amines) is 1. The van der Waals surface area contributed by atoms with Crippen LogP contribution in [0, 0.1) is 5.92 Å². The first kappa shape index (κ1) is 24.3. The molecule has 1 aromatic heterocycles. The lowest BCUT2D eigenvalue weighted by molar-refractivity contribution is -0.166. The number of aliphatic hydroxyl groups is 1. The SMILES string of the molecule is CCO[C@@H]1OC(C(=O)NCCCN2CCCC2=O)=C[C@H](c2coc3ccccc23)[C@@H]1CCCO. The highest BCUT2D eigenvalue weighted by atomic mass is 16.7. The van der Waals surface area contributed by atoms with Crippen molar-refractivity contribution in [1.29, 1.82) is 0 Å². The van der Waals surface area contributed by atoms with Crippen molar-refractivity contribution in [2.75, 3.05) is 32.8 Å². The number of carbonyl (C=O) groups excluding carboxylic acids is 2. The van der Waals surface area contributed by atoms with E-state index in [4.69, 9.17) is 13.9 Å². The van der Waals surface area contributed by atoms with E-state index in [0.29, 0.717) is 45.4 Å². The molecule has 0 unspecified atom stereocenters. The van der Waals surface area contributed by atoms with Gasteiger partial charge in [-0.15, -0.1) is 0 Å². The highest BCUT2D eigenvalue weighted by Crippen LogP contribution is 2.42. The van der Waals surface area contributed by atoms with E-state index in [1.54, 1.807) is 6.26 Å². The minimum atomic E-state index is -0.608. The van der Waals surface area contributed by atoms with Crippen LogP contribution in [0.1, 0.15) is 50.5 Å². The zero-order chi connectivity index (χ0) is 23.9. The Labute approximate surface area is 199 Å². The average molecular weight is 471 g/mol. The second-order valence-corrected chi connectivity index (χ2v) is 8.81. The van der Waals surface area contributed by atoms with E-state index in [-0.39, 0.29) is 36.0 Å². The molecule has 2 aliphatic heterocycles. The fourth-order valence-corrected chi connectivity index (χ4v) is 4.88. The van der Waals surface area contributed by atoms with Crippen LogP contribution in [0.3, 0.4) is 0 Å². The van der Waals surface area contributed by atoms with Gasteiger partial charge < -0.3 is 29.2 Å². The molecule has 8 nitrogen and oxygen atoms in total. The molecule has 3 atom stereocenters. The third kappa shape index (κ3) is 5.45. The minimum absolute atomic E-state index is 0.0742. The first-order valence-electron chi connectivity index (χ1n) is 12.3. The zero-order valence-corrected chi connectivity index (χ0v) is 19.7. The summed E-state index contributed by atoms with van der Waals surface area (Å²) in [6.07, 6.45) is 6.50. The van der Waals surface area contributed by atoms with Gasteiger partial charge in [0, 0.05) is 62.1 Å². The van der Waals surface area contributed by atoms with Crippen LogP contribution < -0.4 is 5.32 Å². The van der Waals surface area contributed by atoms with Crippen molar-refractivity contribution in [2.45, 2.75) is 51.2 Å². The number of ether oxygens (including phenoxy) is 2. The van der Waals surface area contributed by atoms with Crippen molar-refractivity contribution >= 4 is 22.8 Å². The Morgan fingerprint density at radius 3 is 2.91 bits per heavy atom. The Hall–Kier alpha value is -2.84. The molecule has 4 rings (SSSR count). The van der Waals surface area contributed by atoms with E-state index in [1.165, 1.54) is 0 Å². The van der Waals surface area contributed by atoms with Gasteiger partial charge in [-0.2, -0.15) is 0 Å². The Bertz CT molecular complexity index is 1020. The molecule has 1 fully saturated rings. The Morgan fingerprint density at radius 1 is 1.29 bits per heavy atom. The fourth-order valence-electron chi connectivity index (χ4n) is 4.88. The van der Waals surface area contributed by atoms with E-state index < -0.39 is 6.29 Å². The van der Waals surface area contributed by atoms with Crippen LogP contribution in [-0.4, -0.2) is 61.0 Å². The molecule has 0 aliphatic carbocycles. The molecule has 3 heterocycles. The number of fused-ring (bicyclic) bond motifs is 1. The van der Waals surface area contributed by atoms with Crippen LogP contribution in [0.4, 0.5) is 0 Å². The normalized spacial score (nSPS) is 22.6. The predicted octanol–water partition coefficient (Wildman–Crippen LogP) is 3.31. The van der Waals surface area contributed by atoms with Crippen LogP contribution in [0.2, 0.25) is 0 Å². The van der Waals surface area contributed by atoms with Crippen molar-refractivity contribution in [3.05, 3.63) is 47.9 Å². The molecule has 0 radical (unpaired) electrons. The molecule has 1 saturated heterocycles. The van der Waals surface area contributed by atoms with E-state index in [1.807, 2.05) is 42.2 Å². The number of hydrogen-bond donors (Lipinski definition) is 2. The van der Waals surface area contributed by atoms with Crippen LogP contribution >= 0.6 is 0 Å². The van der Waals surface area contributed by atoms with Gasteiger partial charge >= 0.3 is 0 Å². The summed E-state index contributed by atoms with van der Waals surface area (Å²) in [5, 5.41) is 13.4. The first-order valence-corrected chi connectivity index (χ1v) is 12.3. The van der Waals surface area contributed by atoms with Gasteiger partial charge in [-0.1, -0.05) is 18.2 Å². The Morgan fingerprint density at radius 2 is 2.15 bits per heavy atom. The third-order valence-corrected chi connectivity index (χ3v) is 6.57. The number of para-hydroxylation sites is 1. The largest absolute Gasteiger partial charge is 0.464 e. The number of furan rings is 1. The van der Waals surface area contributed by atoms with Crippen LogP contribution in [-0.2, 0) is 19.1 Å². The van der Waals surface area contributed by atoms with E-state index in [2.05, 4.69) is 5.32 Å². The number of aliphatic hydroxyl groups excluding tert-OH is 1. The third-order valence-electron chi connectivity index (χ3n) is 6.57. The van der Waals surface area contributed by atoms with Crippen molar-refractivity contribution in [1.82, 2.24) is 10.2 Å². The molecule has 184 valence electrons. The summed E-state index contributed by atoms with van der Waals surface area (Å²) in [6, 6.07) is 7.82. The minimum Gasteiger partial charge on any atom is -0.464 e. The predicted molar refractivity (Wildman–Crippen MR) is 127 cm³/mol. The van der Waals surface area contributed by atoms with E-state index >= 15 is 0 Å². The molecule has 0 saturated carbocycles. The average Bonchev–Trinajstić information content (AvgIpc) is 3.46. The lowest BCUT2D eigenvalue weighted by atomic mass is 9.80. The van der Waals surface area contributed by atoms with Gasteiger partial charge in [-0.3, -0.25) is 9.59 Å². The number of rotatable bonds is 11. The van der Waals surface area contributed by atoms with Gasteiger partial charge in [-0.05, 0) is 44.7 Å². The lowest BCUT2D eigenvalue weighted by Gasteiger charge is -2.36. The van der Waals surface area contributed by atoms with Gasteiger partial charge in [0.15, 0.2) is 5.76 Å². The number of hydrogen-bond acceptors (Lipinski definition) is 6. The topological polar surface area (TPSA) is 101 Å². The summed E-state index contributed by atoms with van der Waals surface area (Å²) in [6.45, 7) is 4.31. The van der Waals surface area contributed by atoms with Gasteiger partial charge in [-0.25, -0.2) is 0 Å².